The first-order chi connectivity index (χ1) is 11.9. The second-order valence-electron chi connectivity index (χ2n) is 7.03. The first-order valence-corrected chi connectivity index (χ1v) is 9.39. The highest BCUT2D eigenvalue weighted by molar-refractivity contribution is 7.90. The molecule has 3 N–H and O–H groups in total. The highest BCUT2D eigenvalue weighted by Gasteiger charge is 2.36. The van der Waals surface area contributed by atoms with Gasteiger partial charge in [-0.2, -0.15) is 0 Å². The fourth-order valence-electron chi connectivity index (χ4n) is 2.69. The van der Waals surface area contributed by atoms with E-state index >= 15 is 0 Å². The second-order valence-corrected chi connectivity index (χ2v) is 9.03. The van der Waals surface area contributed by atoms with Gasteiger partial charge in [0.15, 0.2) is 0 Å². The van der Waals surface area contributed by atoms with Crippen molar-refractivity contribution in [1.29, 1.82) is 0 Å². The number of halogens is 1. The zero-order valence-corrected chi connectivity index (χ0v) is 15.4. The molecule has 0 fully saturated rings. The van der Waals surface area contributed by atoms with Crippen molar-refractivity contribution in [2.75, 3.05) is 17.2 Å². The molecule has 0 radical (unpaired) electrons. The van der Waals surface area contributed by atoms with Gasteiger partial charge in [0.05, 0.1) is 11.7 Å². The fraction of sp³-hybridized carbons (Fsp3) is 0.389. The predicted molar refractivity (Wildman–Crippen MR) is 100 cm³/mol. The summed E-state index contributed by atoms with van der Waals surface area (Å²) in [4.78, 5) is 4.32. The summed E-state index contributed by atoms with van der Waals surface area (Å²) in [6, 6.07) is 9.71. The summed E-state index contributed by atoms with van der Waals surface area (Å²) in [6.45, 7) is 6.22. The third kappa shape index (κ3) is 4.05. The van der Waals surface area contributed by atoms with Crippen molar-refractivity contribution in [1.82, 2.24) is 9.71 Å². The first kappa shape index (κ1) is 18.0. The van der Waals surface area contributed by atoms with Crippen molar-refractivity contribution in [2.45, 2.75) is 37.6 Å². The number of benzene rings is 1. The van der Waals surface area contributed by atoms with E-state index in [4.69, 9.17) is 0 Å². The second kappa shape index (κ2) is 7.19. The molecular weight excluding hydrogens is 339 g/mol. The summed E-state index contributed by atoms with van der Waals surface area (Å²) in [6.07, 6.45) is 1.70. The molecule has 0 saturated heterocycles. The molecule has 3 rings (SSSR count). The molecule has 0 aliphatic carbocycles. The number of rotatable bonds is 4. The average Bonchev–Trinajstić information content (AvgIpc) is 2.59. The number of fused-ring (bicyclic) bond motifs is 1. The molecule has 1 unspecified atom stereocenters. The van der Waals surface area contributed by atoms with Crippen LogP contribution in [-0.4, -0.2) is 26.9 Å². The Labute approximate surface area is 150 Å². The maximum absolute atomic E-state index is 14.4. The van der Waals surface area contributed by atoms with E-state index in [2.05, 4.69) is 20.3 Å². The Morgan fingerprint density at radius 2 is 2.04 bits per heavy atom. The number of aromatic nitrogens is 1. The van der Waals surface area contributed by atoms with Gasteiger partial charge in [0.25, 0.3) is 0 Å². The molecule has 5 nitrogen and oxygen atoms in total. The van der Waals surface area contributed by atoms with E-state index in [1.807, 2.05) is 32.9 Å². The van der Waals surface area contributed by atoms with Crippen LogP contribution in [0.2, 0.25) is 0 Å². The summed E-state index contributed by atoms with van der Waals surface area (Å²) in [5, 5.41) is 6.65. The van der Waals surface area contributed by atoms with E-state index < -0.39 is 22.2 Å². The monoisotopic (exact) mass is 362 g/mol. The van der Waals surface area contributed by atoms with Gasteiger partial charge < -0.3 is 15.2 Å². The minimum Gasteiger partial charge on any atom is -0.598 e. The number of nitrogens with zero attached hydrogens (tertiary/aromatic N) is 1. The van der Waals surface area contributed by atoms with Crippen molar-refractivity contribution in [3.8, 4) is 0 Å². The maximum atomic E-state index is 14.4. The number of hydrogen-bond acceptors (Lipinski definition) is 5. The molecule has 0 saturated carbocycles. The van der Waals surface area contributed by atoms with E-state index in [1.165, 1.54) is 6.07 Å². The Morgan fingerprint density at radius 3 is 2.76 bits per heavy atom. The molecule has 1 aliphatic heterocycles. The average molecular weight is 362 g/mol. The molecule has 1 aromatic heterocycles. The molecule has 134 valence electrons. The maximum Gasteiger partial charge on any atom is 0.149 e. The van der Waals surface area contributed by atoms with Crippen LogP contribution in [0.5, 0.6) is 0 Å². The number of pyridine rings is 1. The lowest BCUT2D eigenvalue weighted by atomic mass is 9.98. The highest BCUT2D eigenvalue weighted by Crippen LogP contribution is 2.31. The molecule has 2 heterocycles. The molecule has 1 aliphatic rings. The SMILES string of the molecule is CC(C)(C)[S+]([O-])N[C@H](c1ccccc1F)[C@@H]1CNc2cccnc2N1. The summed E-state index contributed by atoms with van der Waals surface area (Å²) < 4.78 is 29.8. The Hall–Kier alpha value is -1.83. The molecule has 1 aromatic carbocycles. The van der Waals surface area contributed by atoms with Crippen molar-refractivity contribution in [2.24, 2.45) is 0 Å². The van der Waals surface area contributed by atoms with Crippen LogP contribution in [-0.2, 0) is 11.4 Å². The normalized spacial score (nSPS) is 19.3. The fourth-order valence-corrected chi connectivity index (χ4v) is 3.57. The molecule has 3 atom stereocenters. The van der Waals surface area contributed by atoms with Gasteiger partial charge in [0, 0.05) is 29.7 Å². The van der Waals surface area contributed by atoms with Crippen molar-refractivity contribution >= 4 is 22.9 Å². The molecule has 2 aromatic rings. The topological polar surface area (TPSA) is 72.0 Å². The van der Waals surface area contributed by atoms with Crippen LogP contribution in [0.4, 0.5) is 15.9 Å². The van der Waals surface area contributed by atoms with E-state index in [0.29, 0.717) is 17.9 Å². The van der Waals surface area contributed by atoms with Crippen LogP contribution in [0, 0.1) is 5.82 Å². The molecule has 0 amide bonds. The number of hydrogen-bond donors (Lipinski definition) is 3. The van der Waals surface area contributed by atoms with E-state index in [0.717, 1.165) is 5.69 Å². The first-order valence-electron chi connectivity index (χ1n) is 8.24. The highest BCUT2D eigenvalue weighted by atomic mass is 32.2. The third-order valence-corrected chi connectivity index (χ3v) is 5.66. The lowest BCUT2D eigenvalue weighted by Gasteiger charge is -2.36. The van der Waals surface area contributed by atoms with Gasteiger partial charge in [-0.05, 0) is 39.0 Å². The van der Waals surface area contributed by atoms with Crippen LogP contribution < -0.4 is 15.4 Å². The molecule has 0 bridgehead atoms. The minimum atomic E-state index is -1.34. The third-order valence-electron chi connectivity index (χ3n) is 4.08. The zero-order valence-electron chi connectivity index (χ0n) is 14.5. The predicted octanol–water partition coefficient (Wildman–Crippen LogP) is 3.22. The van der Waals surface area contributed by atoms with Gasteiger partial charge in [-0.3, -0.25) is 0 Å². The Bertz CT molecular complexity index is 737. The lowest BCUT2D eigenvalue weighted by Crippen LogP contribution is -2.49. The Kier molecular flexibility index (Phi) is 5.17. The number of nitrogens with one attached hydrogen (secondary N) is 3. The summed E-state index contributed by atoms with van der Waals surface area (Å²) in [5.41, 5.74) is 1.39. The van der Waals surface area contributed by atoms with Gasteiger partial charge in [-0.25, -0.2) is 9.37 Å². The summed E-state index contributed by atoms with van der Waals surface area (Å²) in [7, 11) is 0. The van der Waals surface area contributed by atoms with E-state index in [-0.39, 0.29) is 11.9 Å². The van der Waals surface area contributed by atoms with Gasteiger partial charge >= 0.3 is 0 Å². The van der Waals surface area contributed by atoms with Crippen LogP contribution in [0.25, 0.3) is 0 Å². The zero-order chi connectivity index (χ0) is 18.0. The molecular formula is C18H23FN4OS. The van der Waals surface area contributed by atoms with Crippen LogP contribution in [0.1, 0.15) is 32.4 Å². The van der Waals surface area contributed by atoms with Crippen molar-refractivity contribution in [3.05, 3.63) is 54.0 Å². The van der Waals surface area contributed by atoms with Crippen molar-refractivity contribution in [3.63, 3.8) is 0 Å². The standard InChI is InChI=1S/C18H23FN4OS/c1-18(2,3)25(24)23-16(12-7-4-5-8-13(12)19)15-11-21-14-9-6-10-20-17(14)22-15/h4-10,15-16,21,23H,11H2,1-3H3,(H,20,22)/t15-,16+,25?/m0/s1. The van der Waals surface area contributed by atoms with Crippen molar-refractivity contribution < 1.29 is 8.94 Å². The molecule has 25 heavy (non-hydrogen) atoms. The van der Waals surface area contributed by atoms with E-state index in [1.54, 1.807) is 24.4 Å². The Morgan fingerprint density at radius 1 is 1.28 bits per heavy atom. The Balaban J connectivity index is 1.91. The van der Waals surface area contributed by atoms with Crippen LogP contribution in [0.3, 0.4) is 0 Å². The smallest absolute Gasteiger partial charge is 0.149 e. The quantitative estimate of drug-likeness (QED) is 0.729. The van der Waals surface area contributed by atoms with Crippen LogP contribution >= 0.6 is 0 Å². The number of anilines is 2. The summed E-state index contributed by atoms with van der Waals surface area (Å²) in [5.74, 6) is 0.392. The molecule has 0 spiro atoms. The summed E-state index contributed by atoms with van der Waals surface area (Å²) >= 11 is -1.34. The van der Waals surface area contributed by atoms with Gasteiger partial charge in [-0.1, -0.05) is 18.2 Å². The van der Waals surface area contributed by atoms with Gasteiger partial charge in [0.1, 0.15) is 22.4 Å². The van der Waals surface area contributed by atoms with Gasteiger partial charge in [0.2, 0.25) is 0 Å². The minimum absolute atomic E-state index is 0.203. The van der Waals surface area contributed by atoms with E-state index in [9.17, 15) is 8.94 Å². The lowest BCUT2D eigenvalue weighted by molar-refractivity contribution is 0.479. The largest absolute Gasteiger partial charge is 0.598 e. The van der Waals surface area contributed by atoms with Gasteiger partial charge in [-0.15, -0.1) is 4.72 Å². The van der Waals surface area contributed by atoms with Crippen LogP contribution in [0.15, 0.2) is 42.6 Å². The molecule has 7 heteroatoms.